The van der Waals surface area contributed by atoms with E-state index in [4.69, 9.17) is 0 Å². The average Bonchev–Trinajstić information content (AvgIpc) is 3.26. The maximum absolute atomic E-state index is 13.9. The zero-order chi connectivity index (χ0) is 21.1. The molecule has 2 fully saturated rings. The molecule has 1 amide bonds. The Morgan fingerprint density at radius 3 is 2.63 bits per heavy atom. The van der Waals surface area contributed by atoms with E-state index in [1.165, 1.54) is 43.7 Å². The van der Waals surface area contributed by atoms with Gasteiger partial charge in [0.1, 0.15) is 16.5 Å². The molecule has 2 saturated heterocycles. The number of nitrogens with zero attached hydrogens (tertiary/aromatic N) is 3. The van der Waals surface area contributed by atoms with Crippen molar-refractivity contribution in [3.8, 4) is 0 Å². The molecule has 1 aromatic heterocycles. The van der Waals surface area contributed by atoms with Gasteiger partial charge >= 0.3 is 0 Å². The summed E-state index contributed by atoms with van der Waals surface area (Å²) in [5.74, 6) is -1.38. The molecule has 3 heterocycles. The number of hydrogen-bond acceptors (Lipinski definition) is 5. The number of amides is 1. The molecule has 5 nitrogen and oxygen atoms in total. The molecule has 1 aromatic carbocycles. The Bertz CT molecular complexity index is 876. The zero-order valence-corrected chi connectivity index (χ0v) is 18.1. The minimum Gasteiger partial charge on any atom is -0.348 e. The predicted molar refractivity (Wildman–Crippen MR) is 115 cm³/mol. The summed E-state index contributed by atoms with van der Waals surface area (Å²) in [6, 6.07) is 3.28. The van der Waals surface area contributed by atoms with Crippen LogP contribution >= 0.6 is 11.3 Å². The molecule has 30 heavy (non-hydrogen) atoms. The molecule has 4 rings (SSSR count). The van der Waals surface area contributed by atoms with Crippen molar-refractivity contribution >= 4 is 22.4 Å². The molecule has 162 valence electrons. The van der Waals surface area contributed by atoms with Crippen LogP contribution in [0.15, 0.2) is 24.4 Å². The van der Waals surface area contributed by atoms with Gasteiger partial charge in [-0.15, -0.1) is 0 Å². The molecule has 2 aromatic rings. The van der Waals surface area contributed by atoms with Crippen molar-refractivity contribution in [1.82, 2.24) is 15.2 Å². The maximum Gasteiger partial charge on any atom is 0.263 e. The van der Waals surface area contributed by atoms with Crippen LogP contribution in [-0.2, 0) is 0 Å². The average molecular weight is 435 g/mol. The van der Waals surface area contributed by atoms with E-state index >= 15 is 0 Å². The van der Waals surface area contributed by atoms with Crippen LogP contribution in [0.2, 0.25) is 0 Å². The number of carbonyl (C=O) groups is 1. The Labute approximate surface area is 180 Å². The number of likely N-dealkylation sites (tertiary alicyclic amines) is 1. The SMILES string of the molecule is CC(NC(=O)c1cnc(N2CCC(N3CCCCC3)CC2)s1)c1cc(F)ccc1F. The highest BCUT2D eigenvalue weighted by molar-refractivity contribution is 7.17. The van der Waals surface area contributed by atoms with E-state index in [2.05, 4.69) is 20.1 Å². The number of anilines is 1. The van der Waals surface area contributed by atoms with Crippen molar-refractivity contribution < 1.29 is 13.6 Å². The van der Waals surface area contributed by atoms with Gasteiger partial charge in [-0.05, 0) is 63.9 Å². The van der Waals surface area contributed by atoms with Crippen LogP contribution in [0.5, 0.6) is 0 Å². The van der Waals surface area contributed by atoms with Gasteiger partial charge in [-0.25, -0.2) is 13.8 Å². The fraction of sp³-hybridized carbons (Fsp3) is 0.545. The van der Waals surface area contributed by atoms with Crippen molar-refractivity contribution in [1.29, 1.82) is 0 Å². The molecule has 0 bridgehead atoms. The molecule has 0 spiro atoms. The lowest BCUT2D eigenvalue weighted by Gasteiger charge is -2.40. The second-order valence-corrected chi connectivity index (χ2v) is 9.19. The van der Waals surface area contributed by atoms with Crippen molar-refractivity contribution in [3.05, 3.63) is 46.5 Å². The second kappa shape index (κ2) is 9.39. The van der Waals surface area contributed by atoms with E-state index in [0.29, 0.717) is 10.9 Å². The molecule has 0 radical (unpaired) electrons. The van der Waals surface area contributed by atoms with Crippen molar-refractivity contribution in [2.75, 3.05) is 31.1 Å². The number of aromatic nitrogens is 1. The first-order valence-electron chi connectivity index (χ1n) is 10.7. The highest BCUT2D eigenvalue weighted by Gasteiger charge is 2.27. The van der Waals surface area contributed by atoms with Crippen LogP contribution in [0.25, 0.3) is 0 Å². The lowest BCUT2D eigenvalue weighted by atomic mass is 10.0. The van der Waals surface area contributed by atoms with Crippen LogP contribution in [0.4, 0.5) is 13.9 Å². The fourth-order valence-corrected chi connectivity index (χ4v) is 5.28. The number of carbonyl (C=O) groups excluding carboxylic acids is 1. The molecule has 1 N–H and O–H groups in total. The van der Waals surface area contributed by atoms with Crippen LogP contribution in [0.3, 0.4) is 0 Å². The molecular formula is C22H28F2N4OS. The van der Waals surface area contributed by atoms with E-state index in [9.17, 15) is 13.6 Å². The van der Waals surface area contributed by atoms with Crippen molar-refractivity contribution in [2.24, 2.45) is 0 Å². The summed E-state index contributed by atoms with van der Waals surface area (Å²) in [6.07, 6.45) is 7.78. The van der Waals surface area contributed by atoms with Gasteiger partial charge in [0.05, 0.1) is 12.2 Å². The largest absolute Gasteiger partial charge is 0.348 e. The highest BCUT2D eigenvalue weighted by atomic mass is 32.1. The number of rotatable bonds is 5. The smallest absolute Gasteiger partial charge is 0.263 e. The second-order valence-electron chi connectivity index (χ2n) is 8.18. The fourth-order valence-electron chi connectivity index (χ4n) is 4.41. The molecule has 2 aliphatic rings. The standard InChI is InChI=1S/C22H28F2N4OS/c1-15(18-13-16(23)5-6-19(18)24)26-21(29)20-14-25-22(30-20)28-11-7-17(8-12-28)27-9-3-2-4-10-27/h5-6,13-15,17H,2-4,7-12H2,1H3,(H,26,29). The third-order valence-corrected chi connectivity index (χ3v) is 7.19. The quantitative estimate of drug-likeness (QED) is 0.759. The Balaban J connectivity index is 1.33. The van der Waals surface area contributed by atoms with Crippen LogP contribution in [0, 0.1) is 11.6 Å². The molecular weight excluding hydrogens is 406 g/mol. The third-order valence-electron chi connectivity index (χ3n) is 6.13. The van der Waals surface area contributed by atoms with Gasteiger partial charge in [0.25, 0.3) is 5.91 Å². The summed E-state index contributed by atoms with van der Waals surface area (Å²) < 4.78 is 27.4. The molecule has 1 atom stereocenters. The first-order valence-corrected chi connectivity index (χ1v) is 11.5. The Morgan fingerprint density at radius 1 is 1.17 bits per heavy atom. The molecule has 8 heteroatoms. The number of benzene rings is 1. The van der Waals surface area contributed by atoms with E-state index in [-0.39, 0.29) is 11.5 Å². The summed E-state index contributed by atoms with van der Waals surface area (Å²) in [5, 5.41) is 3.60. The lowest BCUT2D eigenvalue weighted by molar-refractivity contribution is 0.0943. The number of thiazole rings is 1. The van der Waals surface area contributed by atoms with Crippen molar-refractivity contribution in [2.45, 2.75) is 51.1 Å². The molecule has 0 aliphatic carbocycles. The molecule has 1 unspecified atom stereocenters. The van der Waals surface area contributed by atoms with Gasteiger partial charge in [-0.2, -0.15) is 0 Å². The summed E-state index contributed by atoms with van der Waals surface area (Å²) in [5.41, 5.74) is 0.132. The van der Waals surface area contributed by atoms with Gasteiger partial charge in [0.2, 0.25) is 0 Å². The van der Waals surface area contributed by atoms with E-state index in [0.717, 1.165) is 49.3 Å². The summed E-state index contributed by atoms with van der Waals surface area (Å²) in [4.78, 5) is 22.4. The van der Waals surface area contributed by atoms with Crippen molar-refractivity contribution in [3.63, 3.8) is 0 Å². The number of piperidine rings is 2. The van der Waals surface area contributed by atoms with Gasteiger partial charge in [-0.1, -0.05) is 17.8 Å². The molecule has 0 saturated carbocycles. The lowest BCUT2D eigenvalue weighted by Crippen LogP contribution is -2.46. The Kier molecular flexibility index (Phi) is 6.63. The summed E-state index contributed by atoms with van der Waals surface area (Å²) in [6.45, 7) is 5.97. The first kappa shape index (κ1) is 21.2. The van der Waals surface area contributed by atoms with E-state index in [1.807, 2.05) is 0 Å². The maximum atomic E-state index is 13.9. The molecule has 2 aliphatic heterocycles. The van der Waals surface area contributed by atoms with Gasteiger partial charge in [0.15, 0.2) is 5.13 Å². The van der Waals surface area contributed by atoms with Crippen LogP contribution in [0.1, 0.15) is 60.3 Å². The van der Waals surface area contributed by atoms with Gasteiger partial charge < -0.3 is 15.1 Å². The minimum atomic E-state index is -0.640. The van der Waals surface area contributed by atoms with Gasteiger partial charge in [0, 0.05) is 24.7 Å². The normalized spacial score (nSPS) is 19.6. The zero-order valence-electron chi connectivity index (χ0n) is 17.2. The Hall–Kier alpha value is -2.06. The van der Waals surface area contributed by atoms with Crippen LogP contribution < -0.4 is 10.2 Å². The number of hydrogen-bond donors (Lipinski definition) is 1. The van der Waals surface area contributed by atoms with Gasteiger partial charge in [-0.3, -0.25) is 4.79 Å². The van der Waals surface area contributed by atoms with E-state index < -0.39 is 17.7 Å². The summed E-state index contributed by atoms with van der Waals surface area (Å²) >= 11 is 1.35. The highest BCUT2D eigenvalue weighted by Crippen LogP contribution is 2.28. The predicted octanol–water partition coefficient (Wildman–Crippen LogP) is 4.37. The monoisotopic (exact) mass is 434 g/mol. The van der Waals surface area contributed by atoms with E-state index in [1.54, 1.807) is 13.1 Å². The topological polar surface area (TPSA) is 48.5 Å². The first-order chi connectivity index (χ1) is 14.5. The number of nitrogens with one attached hydrogen (secondary N) is 1. The third kappa shape index (κ3) is 4.81. The Morgan fingerprint density at radius 2 is 1.90 bits per heavy atom. The summed E-state index contributed by atoms with van der Waals surface area (Å²) in [7, 11) is 0. The number of halogens is 2. The van der Waals surface area contributed by atoms with Crippen LogP contribution in [-0.4, -0.2) is 48.0 Å². The minimum absolute atomic E-state index is 0.132.